The van der Waals surface area contributed by atoms with Crippen molar-refractivity contribution in [3.05, 3.63) is 59.4 Å². The second-order valence-corrected chi connectivity index (χ2v) is 4.88. The summed E-state index contributed by atoms with van der Waals surface area (Å²) in [6.45, 7) is 0.909. The van der Waals surface area contributed by atoms with Crippen molar-refractivity contribution in [3.8, 4) is 11.5 Å². The van der Waals surface area contributed by atoms with E-state index in [9.17, 15) is 9.50 Å². The van der Waals surface area contributed by atoms with Crippen LogP contribution in [0.1, 0.15) is 17.2 Å². The first-order chi connectivity index (χ1) is 10.6. The first kappa shape index (κ1) is 16.3. The molecule has 2 rings (SSSR count). The van der Waals surface area contributed by atoms with Gasteiger partial charge in [-0.25, -0.2) is 4.39 Å². The molecule has 118 valence electrons. The van der Waals surface area contributed by atoms with Crippen LogP contribution >= 0.6 is 0 Å². The lowest BCUT2D eigenvalue weighted by Gasteiger charge is -2.14. The fourth-order valence-corrected chi connectivity index (χ4v) is 2.14. The fourth-order valence-electron chi connectivity index (χ4n) is 2.14. The molecule has 2 N–H and O–H groups in total. The van der Waals surface area contributed by atoms with Gasteiger partial charge in [-0.1, -0.05) is 18.2 Å². The summed E-state index contributed by atoms with van der Waals surface area (Å²) < 4.78 is 23.3. The minimum Gasteiger partial charge on any atom is -0.497 e. The van der Waals surface area contributed by atoms with Crippen LogP contribution in [0, 0.1) is 5.82 Å². The van der Waals surface area contributed by atoms with Crippen molar-refractivity contribution < 1.29 is 19.0 Å². The molecular weight excluding hydrogens is 285 g/mol. The number of hydrogen-bond donors (Lipinski definition) is 2. The van der Waals surface area contributed by atoms with Crippen LogP contribution in [-0.2, 0) is 6.54 Å². The lowest BCUT2D eigenvalue weighted by Crippen LogP contribution is -2.21. The molecule has 0 aliphatic rings. The van der Waals surface area contributed by atoms with Crippen molar-refractivity contribution in [1.29, 1.82) is 0 Å². The van der Waals surface area contributed by atoms with Crippen LogP contribution in [0.4, 0.5) is 4.39 Å². The molecule has 0 bridgehead atoms. The van der Waals surface area contributed by atoms with Crippen LogP contribution in [-0.4, -0.2) is 25.9 Å². The molecule has 0 aromatic heterocycles. The fraction of sp³-hybridized carbons (Fsp3) is 0.294. The number of hydrogen-bond acceptors (Lipinski definition) is 4. The van der Waals surface area contributed by atoms with E-state index in [4.69, 9.17) is 9.47 Å². The van der Waals surface area contributed by atoms with E-state index in [1.165, 1.54) is 12.1 Å². The van der Waals surface area contributed by atoms with E-state index < -0.39 is 6.10 Å². The molecule has 4 nitrogen and oxygen atoms in total. The number of nitrogens with one attached hydrogen (secondary N) is 1. The molecule has 0 heterocycles. The van der Waals surface area contributed by atoms with Crippen LogP contribution in [0.5, 0.6) is 11.5 Å². The second kappa shape index (κ2) is 7.77. The number of aliphatic hydroxyl groups is 1. The molecule has 0 saturated heterocycles. The molecule has 0 spiro atoms. The molecule has 2 aromatic carbocycles. The van der Waals surface area contributed by atoms with Gasteiger partial charge in [0.15, 0.2) is 0 Å². The molecule has 0 aliphatic heterocycles. The summed E-state index contributed by atoms with van der Waals surface area (Å²) in [7, 11) is 3.21. The molecule has 0 saturated carbocycles. The van der Waals surface area contributed by atoms with Crippen molar-refractivity contribution >= 4 is 0 Å². The average Bonchev–Trinajstić information content (AvgIpc) is 2.55. The summed E-state index contributed by atoms with van der Waals surface area (Å²) >= 11 is 0. The smallest absolute Gasteiger partial charge is 0.127 e. The van der Waals surface area contributed by atoms with Crippen LogP contribution in [0.2, 0.25) is 0 Å². The van der Waals surface area contributed by atoms with E-state index in [0.717, 1.165) is 17.1 Å². The molecule has 1 atom stereocenters. The summed E-state index contributed by atoms with van der Waals surface area (Å²) in [5.74, 6) is 1.14. The van der Waals surface area contributed by atoms with Gasteiger partial charge in [-0.05, 0) is 23.8 Å². The van der Waals surface area contributed by atoms with Gasteiger partial charge < -0.3 is 19.9 Å². The van der Waals surface area contributed by atoms with Gasteiger partial charge in [0.25, 0.3) is 0 Å². The van der Waals surface area contributed by atoms with E-state index in [0.29, 0.717) is 18.7 Å². The Hall–Kier alpha value is -2.11. The van der Waals surface area contributed by atoms with Gasteiger partial charge in [0.1, 0.15) is 17.3 Å². The summed E-state index contributed by atoms with van der Waals surface area (Å²) in [4.78, 5) is 0. The Morgan fingerprint density at radius 3 is 2.45 bits per heavy atom. The Labute approximate surface area is 129 Å². The Balaban J connectivity index is 1.91. The molecule has 5 heteroatoms. The zero-order valence-corrected chi connectivity index (χ0v) is 12.7. The zero-order valence-electron chi connectivity index (χ0n) is 12.7. The molecule has 2 aromatic rings. The van der Waals surface area contributed by atoms with Gasteiger partial charge in [0.05, 0.1) is 20.3 Å². The number of aliphatic hydroxyl groups excluding tert-OH is 1. The maximum absolute atomic E-state index is 12.8. The quantitative estimate of drug-likeness (QED) is 0.826. The number of halogens is 1. The van der Waals surface area contributed by atoms with Crippen molar-refractivity contribution in [1.82, 2.24) is 5.32 Å². The Morgan fingerprint density at radius 1 is 1.09 bits per heavy atom. The minimum absolute atomic E-state index is 0.313. The van der Waals surface area contributed by atoms with Gasteiger partial charge in [0.2, 0.25) is 0 Å². The Bertz CT molecular complexity index is 601. The molecule has 0 radical (unpaired) electrons. The molecule has 0 fully saturated rings. The highest BCUT2D eigenvalue weighted by Crippen LogP contribution is 2.24. The largest absolute Gasteiger partial charge is 0.497 e. The van der Waals surface area contributed by atoms with E-state index in [2.05, 4.69) is 5.32 Å². The third-order valence-corrected chi connectivity index (χ3v) is 3.40. The predicted octanol–water partition coefficient (Wildman–Crippen LogP) is 2.67. The van der Waals surface area contributed by atoms with Crippen LogP contribution in [0.25, 0.3) is 0 Å². The summed E-state index contributed by atoms with van der Waals surface area (Å²) in [6.07, 6.45) is -0.690. The SMILES string of the molecule is COc1ccc(CNC[C@H](O)c2ccc(F)cc2)c(OC)c1. The minimum atomic E-state index is -0.690. The third kappa shape index (κ3) is 4.19. The third-order valence-electron chi connectivity index (χ3n) is 3.40. The van der Waals surface area contributed by atoms with Gasteiger partial charge >= 0.3 is 0 Å². The van der Waals surface area contributed by atoms with Crippen molar-refractivity contribution in [2.75, 3.05) is 20.8 Å². The molecule has 0 amide bonds. The standard InChI is InChI=1S/C17H20FNO3/c1-21-15-8-5-13(17(9-15)22-2)10-19-11-16(20)12-3-6-14(18)7-4-12/h3-9,16,19-20H,10-11H2,1-2H3/t16-/m0/s1. The van der Waals surface area contributed by atoms with E-state index in [1.807, 2.05) is 18.2 Å². The maximum Gasteiger partial charge on any atom is 0.127 e. The Morgan fingerprint density at radius 2 is 1.82 bits per heavy atom. The highest BCUT2D eigenvalue weighted by Gasteiger charge is 2.09. The highest BCUT2D eigenvalue weighted by atomic mass is 19.1. The van der Waals surface area contributed by atoms with E-state index in [-0.39, 0.29) is 5.82 Å². The van der Waals surface area contributed by atoms with E-state index >= 15 is 0 Å². The molecule has 0 aliphatic carbocycles. The summed E-state index contributed by atoms with van der Waals surface area (Å²) in [5, 5.41) is 13.2. The second-order valence-electron chi connectivity index (χ2n) is 4.88. The summed E-state index contributed by atoms with van der Waals surface area (Å²) in [6, 6.07) is 11.4. The predicted molar refractivity (Wildman–Crippen MR) is 82.6 cm³/mol. The zero-order chi connectivity index (χ0) is 15.9. The normalized spacial score (nSPS) is 12.0. The molecule has 0 unspecified atom stereocenters. The van der Waals surface area contributed by atoms with Crippen molar-refractivity contribution in [2.24, 2.45) is 0 Å². The molecular formula is C17H20FNO3. The lowest BCUT2D eigenvalue weighted by molar-refractivity contribution is 0.174. The molecule has 22 heavy (non-hydrogen) atoms. The van der Waals surface area contributed by atoms with E-state index in [1.54, 1.807) is 26.4 Å². The van der Waals surface area contributed by atoms with Gasteiger partial charge in [0, 0.05) is 24.7 Å². The average molecular weight is 305 g/mol. The highest BCUT2D eigenvalue weighted by molar-refractivity contribution is 5.40. The lowest BCUT2D eigenvalue weighted by atomic mass is 10.1. The monoisotopic (exact) mass is 305 g/mol. The number of rotatable bonds is 7. The van der Waals surface area contributed by atoms with Gasteiger partial charge in [-0.15, -0.1) is 0 Å². The summed E-state index contributed by atoms with van der Waals surface area (Å²) in [5.41, 5.74) is 1.64. The van der Waals surface area contributed by atoms with Crippen molar-refractivity contribution in [3.63, 3.8) is 0 Å². The first-order valence-electron chi connectivity index (χ1n) is 6.99. The van der Waals surface area contributed by atoms with Crippen molar-refractivity contribution in [2.45, 2.75) is 12.6 Å². The number of ether oxygens (including phenoxy) is 2. The van der Waals surface area contributed by atoms with Gasteiger partial charge in [-0.2, -0.15) is 0 Å². The van der Waals surface area contributed by atoms with Crippen LogP contribution < -0.4 is 14.8 Å². The maximum atomic E-state index is 12.8. The number of benzene rings is 2. The van der Waals surface area contributed by atoms with Crippen LogP contribution in [0.3, 0.4) is 0 Å². The Kier molecular flexibility index (Phi) is 5.75. The number of methoxy groups -OCH3 is 2. The van der Waals surface area contributed by atoms with Crippen LogP contribution in [0.15, 0.2) is 42.5 Å². The topological polar surface area (TPSA) is 50.7 Å². The van der Waals surface area contributed by atoms with Gasteiger partial charge in [-0.3, -0.25) is 0 Å². The first-order valence-corrected chi connectivity index (χ1v) is 6.99.